The van der Waals surface area contributed by atoms with Gasteiger partial charge in [-0.15, -0.1) is 0 Å². The third-order valence-electron chi connectivity index (χ3n) is 4.92. The number of hydrogen-bond donors (Lipinski definition) is 1. The molecule has 2 aliphatic heterocycles. The number of nitrogen functional groups attached to an aromatic ring is 1. The van der Waals surface area contributed by atoms with Crippen molar-refractivity contribution in [1.29, 1.82) is 0 Å². The summed E-state index contributed by atoms with van der Waals surface area (Å²) in [5, 5.41) is 0. The summed E-state index contributed by atoms with van der Waals surface area (Å²) >= 11 is 0. The van der Waals surface area contributed by atoms with Crippen molar-refractivity contribution in [2.45, 2.75) is 50.7 Å². The molecule has 3 rings (SSSR count). The normalized spacial score (nSPS) is 22.5. The van der Waals surface area contributed by atoms with Crippen LogP contribution in [0.25, 0.3) is 0 Å². The van der Waals surface area contributed by atoms with E-state index in [0.29, 0.717) is 13.0 Å². The van der Waals surface area contributed by atoms with E-state index < -0.39 is 0 Å². The van der Waals surface area contributed by atoms with Crippen LogP contribution in [0, 0.1) is 0 Å². The molecule has 1 amide bonds. The molecule has 0 aromatic heterocycles. The van der Waals surface area contributed by atoms with E-state index >= 15 is 0 Å². The van der Waals surface area contributed by atoms with Gasteiger partial charge in [-0.3, -0.25) is 4.79 Å². The van der Waals surface area contributed by atoms with Crippen LogP contribution in [0.1, 0.15) is 37.7 Å². The minimum absolute atomic E-state index is 0.189. The molecule has 0 bridgehead atoms. The largest absolute Gasteiger partial charge is 0.399 e. The van der Waals surface area contributed by atoms with Gasteiger partial charge in [-0.1, -0.05) is 12.1 Å². The molecule has 0 aliphatic carbocycles. The number of likely N-dealkylation sites (tertiary alicyclic amines) is 1. The number of nitrogens with zero attached hydrogens (tertiary/aromatic N) is 1. The first-order valence-electron chi connectivity index (χ1n) is 9.06. The second-order valence-corrected chi connectivity index (χ2v) is 6.82. The van der Waals surface area contributed by atoms with Crippen LogP contribution < -0.4 is 5.73 Å². The second-order valence-electron chi connectivity index (χ2n) is 6.82. The van der Waals surface area contributed by atoms with Crippen LogP contribution in [0.15, 0.2) is 24.3 Å². The number of anilines is 1. The third kappa shape index (κ3) is 4.95. The summed E-state index contributed by atoms with van der Waals surface area (Å²) in [4.78, 5) is 14.3. The summed E-state index contributed by atoms with van der Waals surface area (Å²) < 4.78 is 11.7. The molecule has 2 saturated heterocycles. The maximum atomic E-state index is 12.4. The SMILES string of the molecule is Nc1ccc(CC(=O)N2CCC(OCC3CCCCO3)CC2)cc1. The highest BCUT2D eigenvalue weighted by Gasteiger charge is 2.24. The average Bonchev–Trinajstić information content (AvgIpc) is 2.63. The number of piperidine rings is 1. The van der Waals surface area contributed by atoms with Crippen molar-refractivity contribution in [1.82, 2.24) is 4.90 Å². The van der Waals surface area contributed by atoms with Crippen molar-refractivity contribution >= 4 is 11.6 Å². The van der Waals surface area contributed by atoms with Crippen molar-refractivity contribution in [3.8, 4) is 0 Å². The molecule has 1 atom stereocenters. The molecule has 132 valence electrons. The number of rotatable bonds is 5. The fourth-order valence-electron chi connectivity index (χ4n) is 3.38. The van der Waals surface area contributed by atoms with E-state index in [-0.39, 0.29) is 18.1 Å². The molecule has 1 aromatic rings. The highest BCUT2D eigenvalue weighted by atomic mass is 16.5. The molecule has 0 saturated carbocycles. The number of benzene rings is 1. The zero-order valence-electron chi connectivity index (χ0n) is 14.3. The molecule has 2 aliphatic rings. The molecule has 1 aromatic carbocycles. The maximum absolute atomic E-state index is 12.4. The van der Waals surface area contributed by atoms with Gasteiger partial charge >= 0.3 is 0 Å². The van der Waals surface area contributed by atoms with Gasteiger partial charge in [0.1, 0.15) is 0 Å². The average molecular weight is 332 g/mol. The van der Waals surface area contributed by atoms with Gasteiger partial charge in [-0.05, 0) is 49.8 Å². The monoisotopic (exact) mass is 332 g/mol. The first-order valence-corrected chi connectivity index (χ1v) is 9.06. The Labute approximate surface area is 144 Å². The van der Waals surface area contributed by atoms with Crippen LogP contribution >= 0.6 is 0 Å². The second kappa shape index (κ2) is 8.49. The Balaban J connectivity index is 1.38. The van der Waals surface area contributed by atoms with Gasteiger partial charge in [-0.2, -0.15) is 0 Å². The molecule has 0 radical (unpaired) electrons. The van der Waals surface area contributed by atoms with Gasteiger partial charge in [0.25, 0.3) is 0 Å². The van der Waals surface area contributed by atoms with E-state index in [0.717, 1.165) is 50.2 Å². The highest BCUT2D eigenvalue weighted by molar-refractivity contribution is 5.79. The fourth-order valence-corrected chi connectivity index (χ4v) is 3.38. The van der Waals surface area contributed by atoms with Crippen LogP contribution in [0.4, 0.5) is 5.69 Å². The van der Waals surface area contributed by atoms with Crippen LogP contribution in [0.3, 0.4) is 0 Å². The number of hydrogen-bond acceptors (Lipinski definition) is 4. The van der Waals surface area contributed by atoms with Gasteiger partial charge in [0.15, 0.2) is 0 Å². The van der Waals surface area contributed by atoms with E-state index in [2.05, 4.69) is 0 Å². The number of ether oxygens (including phenoxy) is 2. The Kier molecular flexibility index (Phi) is 6.10. The van der Waals surface area contributed by atoms with Crippen molar-refractivity contribution in [2.24, 2.45) is 0 Å². The Hall–Kier alpha value is -1.59. The smallest absolute Gasteiger partial charge is 0.226 e. The first-order chi connectivity index (χ1) is 11.7. The van der Waals surface area contributed by atoms with Gasteiger partial charge in [-0.25, -0.2) is 0 Å². The van der Waals surface area contributed by atoms with Crippen molar-refractivity contribution < 1.29 is 14.3 Å². The molecule has 5 heteroatoms. The van der Waals surface area contributed by atoms with Crippen LogP contribution in [0.5, 0.6) is 0 Å². The minimum Gasteiger partial charge on any atom is -0.399 e. The Bertz CT molecular complexity index is 518. The molecule has 2 N–H and O–H groups in total. The summed E-state index contributed by atoms with van der Waals surface area (Å²) in [7, 11) is 0. The third-order valence-corrected chi connectivity index (χ3v) is 4.92. The lowest BCUT2D eigenvalue weighted by Crippen LogP contribution is -2.42. The predicted octanol–water partition coefficient (Wildman–Crippen LogP) is 2.39. The number of amides is 1. The van der Waals surface area contributed by atoms with Crippen molar-refractivity contribution in [2.75, 3.05) is 32.0 Å². The standard InChI is InChI=1S/C19H28N2O3/c20-16-6-4-15(5-7-16)13-19(22)21-10-8-17(9-11-21)24-14-18-3-1-2-12-23-18/h4-7,17-18H,1-3,8-14,20H2. The number of carbonyl (C=O) groups is 1. The van der Waals surface area contributed by atoms with Crippen molar-refractivity contribution in [3.63, 3.8) is 0 Å². The molecule has 1 unspecified atom stereocenters. The zero-order chi connectivity index (χ0) is 16.8. The predicted molar refractivity (Wildman–Crippen MR) is 93.7 cm³/mol. The van der Waals surface area contributed by atoms with Gasteiger partial charge < -0.3 is 20.1 Å². The topological polar surface area (TPSA) is 64.8 Å². The maximum Gasteiger partial charge on any atom is 0.226 e. The zero-order valence-corrected chi connectivity index (χ0v) is 14.3. The summed E-state index contributed by atoms with van der Waals surface area (Å²) in [5.74, 6) is 0.189. The number of carbonyl (C=O) groups excluding carboxylic acids is 1. The summed E-state index contributed by atoms with van der Waals surface area (Å²) in [6.07, 6.45) is 6.33. The Morgan fingerprint density at radius 3 is 2.58 bits per heavy atom. The van der Waals surface area contributed by atoms with E-state index in [4.69, 9.17) is 15.2 Å². The van der Waals surface area contributed by atoms with E-state index in [1.165, 1.54) is 12.8 Å². The summed E-state index contributed by atoms with van der Waals surface area (Å²) in [6, 6.07) is 7.53. The lowest BCUT2D eigenvalue weighted by molar-refractivity contribution is -0.134. The summed E-state index contributed by atoms with van der Waals surface area (Å²) in [6.45, 7) is 3.13. The number of nitrogens with two attached hydrogens (primary N) is 1. The molecule has 2 heterocycles. The Morgan fingerprint density at radius 1 is 1.17 bits per heavy atom. The molecule has 0 spiro atoms. The van der Waals surface area contributed by atoms with Crippen LogP contribution in [-0.2, 0) is 20.7 Å². The van der Waals surface area contributed by atoms with Crippen molar-refractivity contribution in [3.05, 3.63) is 29.8 Å². The van der Waals surface area contributed by atoms with Gasteiger partial charge in [0, 0.05) is 25.4 Å². The summed E-state index contributed by atoms with van der Waals surface area (Å²) in [5.41, 5.74) is 7.42. The quantitative estimate of drug-likeness (QED) is 0.841. The van der Waals surface area contributed by atoms with Gasteiger partial charge in [0.2, 0.25) is 5.91 Å². The van der Waals surface area contributed by atoms with E-state index in [1.807, 2.05) is 29.2 Å². The Morgan fingerprint density at radius 2 is 1.92 bits per heavy atom. The van der Waals surface area contributed by atoms with E-state index in [9.17, 15) is 4.79 Å². The molecular formula is C19H28N2O3. The molecular weight excluding hydrogens is 304 g/mol. The highest BCUT2D eigenvalue weighted by Crippen LogP contribution is 2.18. The van der Waals surface area contributed by atoms with Gasteiger partial charge in [0.05, 0.1) is 25.2 Å². The first kappa shape index (κ1) is 17.2. The lowest BCUT2D eigenvalue weighted by Gasteiger charge is -2.33. The molecule has 5 nitrogen and oxygen atoms in total. The lowest BCUT2D eigenvalue weighted by atomic mass is 10.1. The van der Waals surface area contributed by atoms with E-state index in [1.54, 1.807) is 0 Å². The van der Waals surface area contributed by atoms with Crippen LogP contribution in [-0.4, -0.2) is 49.3 Å². The fraction of sp³-hybridized carbons (Fsp3) is 0.632. The van der Waals surface area contributed by atoms with Crippen LogP contribution in [0.2, 0.25) is 0 Å². The molecule has 24 heavy (non-hydrogen) atoms. The minimum atomic E-state index is 0.189. The molecule has 2 fully saturated rings.